The van der Waals surface area contributed by atoms with E-state index in [1.807, 2.05) is 5.32 Å². The minimum atomic E-state index is -2.74. The van der Waals surface area contributed by atoms with E-state index in [0.717, 1.165) is 19.3 Å². The monoisotopic (exact) mass is 444 g/mol. The van der Waals surface area contributed by atoms with Crippen LogP contribution in [0.15, 0.2) is 33.7 Å². The average molecular weight is 445 g/mol. The minimum Gasteiger partial charge on any atom is -0.354 e. The molecule has 0 aromatic carbocycles. The highest BCUT2D eigenvalue weighted by molar-refractivity contribution is 7.94. The lowest BCUT2D eigenvalue weighted by molar-refractivity contribution is -0.117. The van der Waals surface area contributed by atoms with Gasteiger partial charge in [-0.2, -0.15) is 0 Å². The molecule has 3 aliphatic rings. The fourth-order valence-corrected chi connectivity index (χ4v) is 6.14. The normalized spacial score (nSPS) is 26.7. The molecule has 3 N–H and O–H groups in total. The van der Waals surface area contributed by atoms with Crippen molar-refractivity contribution in [3.8, 4) is 0 Å². The number of anilines is 3. The first-order chi connectivity index (χ1) is 16.1. The van der Waals surface area contributed by atoms with Gasteiger partial charge in [-0.25, -0.2) is 13.6 Å². The molecule has 0 saturated heterocycles. The fraction of sp³-hybridized carbons (Fsp3) is 0.450. The molecule has 2 saturated carbocycles. The summed E-state index contributed by atoms with van der Waals surface area (Å²) in [4.78, 5) is 29.8. The van der Waals surface area contributed by atoms with Crippen molar-refractivity contribution < 1.29 is 17.9 Å². The first-order valence-corrected chi connectivity index (χ1v) is 11.7. The van der Waals surface area contributed by atoms with Gasteiger partial charge in [0, 0.05) is 41.6 Å². The molecule has 2 aliphatic carbocycles. The topological polar surface area (TPSA) is 138 Å². The molecule has 162 valence electrons. The SMILES string of the molecule is [2H]C([2H])([2H])NC(=O)c1nnc(NC(=O)[C@H]2CC23CC3)cc1Nc1ncccc1[S@@]1(=O)=NCCC1. The van der Waals surface area contributed by atoms with Gasteiger partial charge in [-0.05, 0) is 43.2 Å². The molecule has 0 bridgehead atoms. The predicted octanol–water partition coefficient (Wildman–Crippen LogP) is 1.94. The van der Waals surface area contributed by atoms with E-state index in [1.54, 1.807) is 12.1 Å². The summed E-state index contributed by atoms with van der Waals surface area (Å²) in [6.07, 6.45) is 5.13. The van der Waals surface area contributed by atoms with Crippen molar-refractivity contribution in [3.05, 3.63) is 30.1 Å². The van der Waals surface area contributed by atoms with Crippen LogP contribution in [0, 0.1) is 11.3 Å². The lowest BCUT2D eigenvalue weighted by Gasteiger charge is -2.15. The number of hydrogen-bond donors (Lipinski definition) is 3. The quantitative estimate of drug-likeness (QED) is 0.619. The third kappa shape index (κ3) is 3.62. The minimum absolute atomic E-state index is 0.0560. The molecule has 1 aliphatic heterocycles. The van der Waals surface area contributed by atoms with E-state index in [9.17, 15) is 13.8 Å². The number of aromatic nitrogens is 3. The average Bonchev–Trinajstić information content (AvgIpc) is 3.66. The molecule has 3 heterocycles. The van der Waals surface area contributed by atoms with Crippen LogP contribution in [0.2, 0.25) is 0 Å². The molecule has 10 nitrogen and oxygen atoms in total. The van der Waals surface area contributed by atoms with Crippen LogP contribution in [-0.2, 0) is 14.5 Å². The number of rotatable bonds is 6. The van der Waals surface area contributed by atoms with E-state index >= 15 is 0 Å². The van der Waals surface area contributed by atoms with Gasteiger partial charge in [0.15, 0.2) is 11.5 Å². The smallest absolute Gasteiger partial charge is 0.273 e. The Morgan fingerprint density at radius 2 is 2.19 bits per heavy atom. The zero-order valence-electron chi connectivity index (χ0n) is 19.6. The van der Waals surface area contributed by atoms with Crippen LogP contribution in [0.3, 0.4) is 0 Å². The third-order valence-corrected chi connectivity index (χ3v) is 8.48. The molecule has 2 aromatic rings. The Balaban J connectivity index is 1.48. The van der Waals surface area contributed by atoms with Gasteiger partial charge in [0.2, 0.25) is 5.91 Å². The van der Waals surface area contributed by atoms with E-state index in [4.69, 9.17) is 4.11 Å². The summed E-state index contributed by atoms with van der Waals surface area (Å²) < 4.78 is 39.5. The Morgan fingerprint density at radius 1 is 1.32 bits per heavy atom. The van der Waals surface area contributed by atoms with E-state index in [0.29, 0.717) is 23.6 Å². The van der Waals surface area contributed by atoms with Gasteiger partial charge in [0.1, 0.15) is 5.82 Å². The Hall–Kier alpha value is -3.08. The van der Waals surface area contributed by atoms with Crippen molar-refractivity contribution in [3.63, 3.8) is 0 Å². The van der Waals surface area contributed by atoms with Crippen LogP contribution in [0.5, 0.6) is 0 Å². The number of nitrogens with one attached hydrogen (secondary N) is 3. The number of amides is 2. The first kappa shape index (κ1) is 16.6. The maximum atomic E-state index is 13.3. The summed E-state index contributed by atoms with van der Waals surface area (Å²) in [5.74, 6) is -0.514. The fourth-order valence-electron chi connectivity index (χ4n) is 4.01. The Bertz CT molecular complexity index is 1300. The predicted molar refractivity (Wildman–Crippen MR) is 115 cm³/mol. The molecule has 31 heavy (non-hydrogen) atoms. The van der Waals surface area contributed by atoms with Crippen LogP contribution in [0.1, 0.15) is 40.3 Å². The summed E-state index contributed by atoms with van der Waals surface area (Å²) in [6, 6.07) is 4.68. The molecule has 5 rings (SSSR count). The number of nitrogens with zero attached hydrogens (tertiary/aromatic N) is 4. The van der Waals surface area contributed by atoms with Crippen LogP contribution in [-0.4, -0.2) is 50.5 Å². The molecular weight excluding hydrogens is 418 g/mol. The van der Waals surface area contributed by atoms with Crippen molar-refractivity contribution in [2.75, 3.05) is 29.9 Å². The highest BCUT2D eigenvalue weighted by atomic mass is 32.2. The van der Waals surface area contributed by atoms with Crippen molar-refractivity contribution in [1.29, 1.82) is 0 Å². The lowest BCUT2D eigenvalue weighted by atomic mass is 10.2. The van der Waals surface area contributed by atoms with E-state index in [1.165, 1.54) is 12.3 Å². The standard InChI is InChI=1S/C20H23N7O3S/c1-21-19(29)16-13(10-15(26-27-16)25-18(28)12-11-20(12)5-6-20)24-17-14(4-2-7-22-17)31(30)9-3-8-23-31/h2,4,7,10,12H,3,5-6,8-9,11H2,1H3,(H,21,29)(H2,22,24,25,26,28)/t12-,31-/m1/s1/i1D3. The zero-order chi connectivity index (χ0) is 24.1. The second-order valence-corrected chi connectivity index (χ2v) is 10.5. The van der Waals surface area contributed by atoms with Crippen molar-refractivity contribution in [1.82, 2.24) is 20.5 Å². The van der Waals surface area contributed by atoms with Crippen LogP contribution >= 0.6 is 0 Å². The first-order valence-electron chi connectivity index (χ1n) is 11.5. The number of carbonyl (C=O) groups is 2. The van der Waals surface area contributed by atoms with E-state index in [2.05, 4.69) is 30.2 Å². The molecule has 0 unspecified atom stereocenters. The van der Waals surface area contributed by atoms with E-state index in [-0.39, 0.29) is 40.3 Å². The summed E-state index contributed by atoms with van der Waals surface area (Å²) in [7, 11) is -2.68. The molecule has 2 fully saturated rings. The van der Waals surface area contributed by atoms with Crippen LogP contribution in [0.4, 0.5) is 17.3 Å². The zero-order valence-corrected chi connectivity index (χ0v) is 17.4. The summed E-state index contributed by atoms with van der Waals surface area (Å²) in [6.45, 7) is -2.26. The van der Waals surface area contributed by atoms with Crippen molar-refractivity contribution in [2.45, 2.75) is 30.6 Å². The van der Waals surface area contributed by atoms with E-state index < -0.39 is 22.6 Å². The molecule has 1 spiro atoms. The van der Waals surface area contributed by atoms with Crippen molar-refractivity contribution in [2.24, 2.45) is 15.7 Å². The second kappa shape index (κ2) is 7.26. The molecular formula is C20H23N7O3S. The highest BCUT2D eigenvalue weighted by Crippen LogP contribution is 2.70. The molecule has 0 radical (unpaired) electrons. The van der Waals surface area contributed by atoms with Crippen molar-refractivity contribution >= 4 is 38.9 Å². The van der Waals surface area contributed by atoms with Gasteiger partial charge in [-0.3, -0.25) is 9.59 Å². The van der Waals surface area contributed by atoms with Gasteiger partial charge in [-0.1, -0.05) is 0 Å². The summed E-state index contributed by atoms with van der Waals surface area (Å²) in [5, 5.41) is 15.3. The largest absolute Gasteiger partial charge is 0.354 e. The van der Waals surface area contributed by atoms with Crippen LogP contribution in [0.25, 0.3) is 0 Å². The Morgan fingerprint density at radius 3 is 2.90 bits per heavy atom. The highest BCUT2D eigenvalue weighted by Gasteiger charge is 2.65. The Kier molecular flexibility index (Phi) is 3.88. The van der Waals surface area contributed by atoms with Gasteiger partial charge in [0.05, 0.1) is 20.3 Å². The van der Waals surface area contributed by atoms with Gasteiger partial charge in [-0.15, -0.1) is 10.2 Å². The van der Waals surface area contributed by atoms with Crippen LogP contribution < -0.4 is 16.0 Å². The maximum absolute atomic E-state index is 13.3. The Labute approximate surface area is 184 Å². The molecule has 2 aromatic heterocycles. The molecule has 2 amide bonds. The lowest BCUT2D eigenvalue weighted by Crippen LogP contribution is -2.23. The molecule has 11 heteroatoms. The number of carbonyl (C=O) groups excluding carboxylic acids is 2. The maximum Gasteiger partial charge on any atom is 0.273 e. The van der Waals surface area contributed by atoms with Gasteiger partial charge < -0.3 is 16.0 Å². The number of hydrogen-bond acceptors (Lipinski definition) is 8. The summed E-state index contributed by atoms with van der Waals surface area (Å²) >= 11 is 0. The third-order valence-electron chi connectivity index (χ3n) is 6.02. The number of pyridine rings is 1. The second-order valence-electron chi connectivity index (χ2n) is 8.08. The van der Waals surface area contributed by atoms with Gasteiger partial charge in [0.25, 0.3) is 5.91 Å². The summed E-state index contributed by atoms with van der Waals surface area (Å²) in [5.41, 5.74) is -0.101. The molecule has 2 atom stereocenters. The van der Waals surface area contributed by atoms with Gasteiger partial charge >= 0.3 is 0 Å².